The quantitative estimate of drug-likeness (QED) is 0.781. The number of nitrogens with zero attached hydrogens (tertiary/aromatic N) is 2. The van der Waals surface area contributed by atoms with Crippen molar-refractivity contribution in [2.75, 3.05) is 7.05 Å². The van der Waals surface area contributed by atoms with Crippen LogP contribution in [0.3, 0.4) is 0 Å². The summed E-state index contributed by atoms with van der Waals surface area (Å²) in [6.07, 6.45) is 10.7. The van der Waals surface area contributed by atoms with Gasteiger partial charge in [0.1, 0.15) is 0 Å². The van der Waals surface area contributed by atoms with Gasteiger partial charge in [-0.25, -0.2) is 0 Å². The van der Waals surface area contributed by atoms with Crippen molar-refractivity contribution in [3.63, 3.8) is 0 Å². The molecule has 1 fully saturated rings. The van der Waals surface area contributed by atoms with Crippen molar-refractivity contribution in [1.82, 2.24) is 9.88 Å². The van der Waals surface area contributed by atoms with Gasteiger partial charge in [-0.3, -0.25) is 9.78 Å². The summed E-state index contributed by atoms with van der Waals surface area (Å²) >= 11 is 3.35. The third-order valence-electron chi connectivity index (χ3n) is 3.64. The SMILES string of the molecule is CN(C(=O)c1cncc(Br)c1)C1CCCCCC1. The molecule has 2 rings (SSSR count). The van der Waals surface area contributed by atoms with Crippen LogP contribution in [0.2, 0.25) is 0 Å². The Bertz CT molecular complexity index is 414. The van der Waals surface area contributed by atoms with E-state index in [0.29, 0.717) is 11.6 Å². The van der Waals surface area contributed by atoms with Crippen molar-refractivity contribution >= 4 is 21.8 Å². The van der Waals surface area contributed by atoms with Crippen LogP contribution in [0.15, 0.2) is 22.9 Å². The highest BCUT2D eigenvalue weighted by atomic mass is 79.9. The molecule has 0 unspecified atom stereocenters. The lowest BCUT2D eigenvalue weighted by Gasteiger charge is -2.27. The van der Waals surface area contributed by atoms with Crippen LogP contribution in [0.1, 0.15) is 48.9 Å². The number of hydrogen-bond donors (Lipinski definition) is 0. The Morgan fingerprint density at radius 2 is 1.94 bits per heavy atom. The lowest BCUT2D eigenvalue weighted by atomic mass is 10.1. The van der Waals surface area contributed by atoms with Crippen molar-refractivity contribution in [3.8, 4) is 0 Å². The molecule has 0 radical (unpaired) electrons. The second-order valence-corrected chi connectivity index (χ2v) is 5.87. The second-order valence-electron chi connectivity index (χ2n) is 4.95. The molecule has 1 aromatic rings. The minimum atomic E-state index is 0.0794. The summed E-state index contributed by atoms with van der Waals surface area (Å²) in [5, 5.41) is 0. The molecule has 1 aromatic heterocycles. The van der Waals surface area contributed by atoms with Crippen LogP contribution in [0.4, 0.5) is 0 Å². The van der Waals surface area contributed by atoms with Crippen LogP contribution in [0.5, 0.6) is 0 Å². The first-order valence-electron chi connectivity index (χ1n) is 6.56. The second kappa shape index (κ2) is 6.32. The molecule has 1 aliphatic carbocycles. The molecule has 1 saturated carbocycles. The van der Waals surface area contributed by atoms with E-state index in [-0.39, 0.29) is 5.91 Å². The summed E-state index contributed by atoms with van der Waals surface area (Å²) in [5.74, 6) is 0.0794. The van der Waals surface area contributed by atoms with Gasteiger partial charge in [-0.15, -0.1) is 0 Å². The number of carbonyl (C=O) groups is 1. The number of aromatic nitrogens is 1. The normalized spacial score (nSPS) is 17.2. The Hall–Kier alpha value is -0.900. The highest BCUT2D eigenvalue weighted by molar-refractivity contribution is 9.10. The molecule has 98 valence electrons. The number of halogens is 1. The fraction of sp³-hybridized carbons (Fsp3) is 0.571. The van der Waals surface area contributed by atoms with Gasteiger partial charge in [0, 0.05) is 30.0 Å². The molecule has 1 amide bonds. The van der Waals surface area contributed by atoms with Crippen LogP contribution < -0.4 is 0 Å². The Morgan fingerprint density at radius 1 is 1.28 bits per heavy atom. The number of rotatable bonds is 2. The van der Waals surface area contributed by atoms with Gasteiger partial charge in [0.25, 0.3) is 5.91 Å². The molecule has 4 heteroatoms. The van der Waals surface area contributed by atoms with E-state index >= 15 is 0 Å². The Balaban J connectivity index is 2.07. The van der Waals surface area contributed by atoms with Crippen LogP contribution in [0, 0.1) is 0 Å². The number of amides is 1. The minimum absolute atomic E-state index is 0.0794. The summed E-state index contributed by atoms with van der Waals surface area (Å²) in [5.41, 5.74) is 0.663. The highest BCUT2D eigenvalue weighted by Gasteiger charge is 2.22. The van der Waals surface area contributed by atoms with Crippen molar-refractivity contribution in [2.45, 2.75) is 44.6 Å². The zero-order chi connectivity index (χ0) is 13.0. The van der Waals surface area contributed by atoms with E-state index in [1.165, 1.54) is 25.7 Å². The fourth-order valence-electron chi connectivity index (χ4n) is 2.54. The molecule has 0 saturated heterocycles. The average molecular weight is 311 g/mol. The molecule has 0 bridgehead atoms. The highest BCUT2D eigenvalue weighted by Crippen LogP contribution is 2.22. The van der Waals surface area contributed by atoms with Crippen molar-refractivity contribution < 1.29 is 4.79 Å². The molecule has 0 N–H and O–H groups in total. The molecule has 3 nitrogen and oxygen atoms in total. The topological polar surface area (TPSA) is 33.2 Å². The summed E-state index contributed by atoms with van der Waals surface area (Å²) in [6, 6.07) is 2.22. The number of hydrogen-bond acceptors (Lipinski definition) is 2. The van der Waals surface area contributed by atoms with Gasteiger partial charge < -0.3 is 4.90 Å². The predicted molar refractivity (Wildman–Crippen MR) is 75.5 cm³/mol. The van der Waals surface area contributed by atoms with Crippen LogP contribution >= 0.6 is 15.9 Å². The van der Waals surface area contributed by atoms with E-state index in [1.807, 2.05) is 18.0 Å². The van der Waals surface area contributed by atoms with Crippen molar-refractivity contribution in [2.24, 2.45) is 0 Å². The largest absolute Gasteiger partial charge is 0.339 e. The van der Waals surface area contributed by atoms with Crippen LogP contribution in [-0.2, 0) is 0 Å². The molecule has 0 spiro atoms. The van der Waals surface area contributed by atoms with E-state index in [4.69, 9.17) is 0 Å². The fourth-order valence-corrected chi connectivity index (χ4v) is 2.91. The van der Waals surface area contributed by atoms with Gasteiger partial charge in [0.15, 0.2) is 0 Å². The molecule has 0 aliphatic heterocycles. The van der Waals surface area contributed by atoms with Gasteiger partial charge in [0.05, 0.1) is 5.56 Å². The molecule has 18 heavy (non-hydrogen) atoms. The van der Waals surface area contributed by atoms with Gasteiger partial charge in [-0.2, -0.15) is 0 Å². The number of carbonyl (C=O) groups excluding carboxylic acids is 1. The third kappa shape index (κ3) is 3.31. The maximum Gasteiger partial charge on any atom is 0.255 e. The maximum atomic E-state index is 12.4. The van der Waals surface area contributed by atoms with E-state index in [9.17, 15) is 4.79 Å². The predicted octanol–water partition coefficient (Wildman–Crippen LogP) is 3.64. The van der Waals surface area contributed by atoms with E-state index in [2.05, 4.69) is 20.9 Å². The summed E-state index contributed by atoms with van der Waals surface area (Å²) in [6.45, 7) is 0. The summed E-state index contributed by atoms with van der Waals surface area (Å²) in [4.78, 5) is 18.3. The van der Waals surface area contributed by atoms with Gasteiger partial charge >= 0.3 is 0 Å². The first kappa shape index (κ1) is 13.5. The lowest BCUT2D eigenvalue weighted by molar-refractivity contribution is 0.0717. The van der Waals surface area contributed by atoms with Gasteiger partial charge in [-0.1, -0.05) is 25.7 Å². The molecule has 1 heterocycles. The smallest absolute Gasteiger partial charge is 0.255 e. The van der Waals surface area contributed by atoms with Crippen LogP contribution in [-0.4, -0.2) is 28.9 Å². The molecule has 0 aromatic carbocycles. The average Bonchev–Trinajstić information content (AvgIpc) is 2.66. The van der Waals surface area contributed by atoms with Gasteiger partial charge in [-0.05, 0) is 34.8 Å². The van der Waals surface area contributed by atoms with E-state index in [0.717, 1.165) is 17.3 Å². The summed E-state index contributed by atoms with van der Waals surface area (Å²) < 4.78 is 0.850. The zero-order valence-electron chi connectivity index (χ0n) is 10.7. The standard InChI is InChI=1S/C14H19BrN2O/c1-17(13-6-4-2-3-5-7-13)14(18)11-8-12(15)10-16-9-11/h8-10,13H,2-7H2,1H3. The Kier molecular flexibility index (Phi) is 4.75. The Morgan fingerprint density at radius 3 is 2.56 bits per heavy atom. The van der Waals surface area contributed by atoms with E-state index in [1.54, 1.807) is 12.4 Å². The maximum absolute atomic E-state index is 12.4. The van der Waals surface area contributed by atoms with Crippen molar-refractivity contribution in [3.05, 3.63) is 28.5 Å². The monoisotopic (exact) mass is 310 g/mol. The van der Waals surface area contributed by atoms with Crippen LogP contribution in [0.25, 0.3) is 0 Å². The first-order valence-corrected chi connectivity index (χ1v) is 7.35. The van der Waals surface area contributed by atoms with E-state index < -0.39 is 0 Å². The Labute approximate surface area is 117 Å². The zero-order valence-corrected chi connectivity index (χ0v) is 12.3. The number of pyridine rings is 1. The lowest BCUT2D eigenvalue weighted by Crippen LogP contribution is -2.36. The molecular weight excluding hydrogens is 292 g/mol. The molecule has 1 aliphatic rings. The minimum Gasteiger partial charge on any atom is -0.339 e. The first-order chi connectivity index (χ1) is 8.68. The third-order valence-corrected chi connectivity index (χ3v) is 4.08. The molecule has 0 atom stereocenters. The van der Waals surface area contributed by atoms with Gasteiger partial charge in [0.2, 0.25) is 0 Å². The molecular formula is C14H19BrN2O. The van der Waals surface area contributed by atoms with Crippen molar-refractivity contribution in [1.29, 1.82) is 0 Å². The summed E-state index contributed by atoms with van der Waals surface area (Å²) in [7, 11) is 1.92.